The van der Waals surface area contributed by atoms with Crippen molar-refractivity contribution in [3.05, 3.63) is 0 Å². The molecule has 0 saturated carbocycles. The standard InChI is InChI=1S/C15H25F3O4/c1-8(2)6-11(14(21)22-7-9(3)4)12(13(19)20)10(5)15(16,17)18/h8-12H,6-7H2,1-5H3,(H,19,20). The van der Waals surface area contributed by atoms with Crippen LogP contribution >= 0.6 is 0 Å². The van der Waals surface area contributed by atoms with E-state index >= 15 is 0 Å². The number of hydrogen-bond acceptors (Lipinski definition) is 3. The summed E-state index contributed by atoms with van der Waals surface area (Å²) in [6.07, 6.45) is -4.65. The molecule has 0 aromatic rings. The van der Waals surface area contributed by atoms with E-state index in [-0.39, 0.29) is 24.9 Å². The highest BCUT2D eigenvalue weighted by Crippen LogP contribution is 2.38. The highest BCUT2D eigenvalue weighted by atomic mass is 19.4. The SMILES string of the molecule is CC(C)COC(=O)C(CC(C)C)C(C(=O)O)C(C)C(F)(F)F. The molecule has 0 heterocycles. The summed E-state index contributed by atoms with van der Waals surface area (Å²) in [6.45, 7) is 7.87. The lowest BCUT2D eigenvalue weighted by molar-refractivity contribution is -0.201. The number of carbonyl (C=O) groups excluding carboxylic acids is 1. The van der Waals surface area contributed by atoms with E-state index in [2.05, 4.69) is 0 Å². The van der Waals surface area contributed by atoms with Gasteiger partial charge in [0.2, 0.25) is 0 Å². The predicted octanol–water partition coefficient (Wildman–Crippen LogP) is 3.75. The molecule has 130 valence electrons. The third-order valence-corrected chi connectivity index (χ3v) is 3.36. The normalized spacial score (nSPS) is 16.5. The Labute approximate surface area is 129 Å². The number of esters is 1. The van der Waals surface area contributed by atoms with E-state index in [1.54, 1.807) is 27.7 Å². The molecule has 0 spiro atoms. The Morgan fingerprint density at radius 3 is 1.86 bits per heavy atom. The fourth-order valence-electron chi connectivity index (χ4n) is 2.19. The van der Waals surface area contributed by atoms with Crippen molar-refractivity contribution in [2.75, 3.05) is 6.61 Å². The van der Waals surface area contributed by atoms with Gasteiger partial charge in [-0.3, -0.25) is 9.59 Å². The quantitative estimate of drug-likeness (QED) is 0.690. The lowest BCUT2D eigenvalue weighted by Crippen LogP contribution is -2.42. The molecular weight excluding hydrogens is 301 g/mol. The van der Waals surface area contributed by atoms with Crippen LogP contribution in [-0.2, 0) is 14.3 Å². The number of halogens is 3. The summed E-state index contributed by atoms with van der Waals surface area (Å²) >= 11 is 0. The smallest absolute Gasteiger partial charge is 0.392 e. The summed E-state index contributed by atoms with van der Waals surface area (Å²) in [5.41, 5.74) is 0. The molecule has 3 atom stereocenters. The van der Waals surface area contributed by atoms with Crippen LogP contribution in [0.4, 0.5) is 13.2 Å². The summed E-state index contributed by atoms with van der Waals surface area (Å²) in [5.74, 6) is -7.89. The van der Waals surface area contributed by atoms with Crippen molar-refractivity contribution in [1.29, 1.82) is 0 Å². The maximum absolute atomic E-state index is 12.9. The molecular formula is C15H25F3O4. The molecule has 0 aromatic heterocycles. The third kappa shape index (κ3) is 6.66. The maximum Gasteiger partial charge on any atom is 0.392 e. The van der Waals surface area contributed by atoms with Gasteiger partial charge in [0.25, 0.3) is 0 Å². The molecule has 0 rings (SSSR count). The highest BCUT2D eigenvalue weighted by Gasteiger charge is 2.49. The zero-order valence-electron chi connectivity index (χ0n) is 13.6. The molecule has 0 bridgehead atoms. The van der Waals surface area contributed by atoms with Gasteiger partial charge in [-0.05, 0) is 18.3 Å². The monoisotopic (exact) mass is 326 g/mol. The summed E-state index contributed by atoms with van der Waals surface area (Å²) in [7, 11) is 0. The van der Waals surface area contributed by atoms with Crippen LogP contribution in [0.25, 0.3) is 0 Å². The Morgan fingerprint density at radius 1 is 1.05 bits per heavy atom. The molecule has 0 saturated heterocycles. The Hall–Kier alpha value is -1.27. The Kier molecular flexibility index (Phi) is 7.90. The minimum atomic E-state index is -4.68. The zero-order chi connectivity index (χ0) is 17.7. The summed E-state index contributed by atoms with van der Waals surface area (Å²) in [4.78, 5) is 23.5. The van der Waals surface area contributed by atoms with Crippen molar-refractivity contribution in [3.8, 4) is 0 Å². The molecule has 0 aliphatic heterocycles. The van der Waals surface area contributed by atoms with E-state index < -0.39 is 35.9 Å². The number of hydrogen-bond donors (Lipinski definition) is 1. The van der Waals surface area contributed by atoms with Crippen molar-refractivity contribution in [1.82, 2.24) is 0 Å². The zero-order valence-corrected chi connectivity index (χ0v) is 13.6. The van der Waals surface area contributed by atoms with Gasteiger partial charge in [-0.2, -0.15) is 13.2 Å². The number of alkyl halides is 3. The maximum atomic E-state index is 12.9. The van der Waals surface area contributed by atoms with Crippen LogP contribution in [-0.4, -0.2) is 29.8 Å². The Balaban J connectivity index is 5.40. The average Bonchev–Trinajstić information content (AvgIpc) is 2.32. The fraction of sp³-hybridized carbons (Fsp3) is 0.867. The molecule has 1 N–H and O–H groups in total. The van der Waals surface area contributed by atoms with E-state index in [1.807, 2.05) is 0 Å². The largest absolute Gasteiger partial charge is 0.481 e. The molecule has 7 heteroatoms. The Bertz CT molecular complexity index is 377. The number of carboxylic acid groups (broad SMARTS) is 1. The van der Waals surface area contributed by atoms with Gasteiger partial charge in [-0.25, -0.2) is 0 Å². The van der Waals surface area contributed by atoms with Crippen molar-refractivity contribution in [2.45, 2.75) is 47.2 Å². The molecule has 0 amide bonds. The second-order valence-electron chi connectivity index (χ2n) is 6.45. The van der Waals surface area contributed by atoms with Crippen LogP contribution in [0.15, 0.2) is 0 Å². The number of carbonyl (C=O) groups is 2. The first-order chi connectivity index (χ1) is 9.87. The van der Waals surface area contributed by atoms with Gasteiger partial charge in [0.1, 0.15) is 0 Å². The first-order valence-corrected chi connectivity index (χ1v) is 7.34. The van der Waals surface area contributed by atoms with Gasteiger partial charge < -0.3 is 9.84 Å². The molecule has 0 aliphatic carbocycles. The van der Waals surface area contributed by atoms with Crippen molar-refractivity contribution in [3.63, 3.8) is 0 Å². The third-order valence-electron chi connectivity index (χ3n) is 3.36. The van der Waals surface area contributed by atoms with Gasteiger partial charge in [0.05, 0.1) is 24.4 Å². The van der Waals surface area contributed by atoms with Crippen molar-refractivity contribution >= 4 is 11.9 Å². The van der Waals surface area contributed by atoms with Crippen LogP contribution < -0.4 is 0 Å². The minimum Gasteiger partial charge on any atom is -0.481 e. The van der Waals surface area contributed by atoms with E-state index in [0.717, 1.165) is 6.92 Å². The average molecular weight is 326 g/mol. The number of ether oxygens (including phenoxy) is 1. The second-order valence-corrected chi connectivity index (χ2v) is 6.45. The van der Waals surface area contributed by atoms with Crippen molar-refractivity contribution in [2.24, 2.45) is 29.6 Å². The number of aliphatic carboxylic acids is 1. The topological polar surface area (TPSA) is 63.6 Å². The lowest BCUT2D eigenvalue weighted by Gasteiger charge is -2.29. The minimum absolute atomic E-state index is 0.0203. The molecule has 0 radical (unpaired) electrons. The molecule has 0 aliphatic rings. The van der Waals surface area contributed by atoms with Crippen molar-refractivity contribution < 1.29 is 32.6 Å². The van der Waals surface area contributed by atoms with E-state index in [4.69, 9.17) is 4.74 Å². The fourth-order valence-corrected chi connectivity index (χ4v) is 2.19. The second kappa shape index (κ2) is 8.39. The molecule has 0 aromatic carbocycles. The summed E-state index contributed by atoms with van der Waals surface area (Å²) < 4.78 is 43.7. The van der Waals surface area contributed by atoms with Crippen LogP contribution in [0.3, 0.4) is 0 Å². The molecule has 4 nitrogen and oxygen atoms in total. The predicted molar refractivity (Wildman–Crippen MR) is 75.1 cm³/mol. The van der Waals surface area contributed by atoms with Crippen LogP contribution in [0.5, 0.6) is 0 Å². The van der Waals surface area contributed by atoms with E-state index in [9.17, 15) is 27.9 Å². The van der Waals surface area contributed by atoms with Gasteiger partial charge in [-0.1, -0.05) is 34.6 Å². The van der Waals surface area contributed by atoms with Crippen LogP contribution in [0, 0.1) is 29.6 Å². The van der Waals surface area contributed by atoms with E-state index in [1.165, 1.54) is 0 Å². The van der Waals surface area contributed by atoms with Gasteiger partial charge in [0.15, 0.2) is 0 Å². The van der Waals surface area contributed by atoms with Crippen LogP contribution in [0.2, 0.25) is 0 Å². The lowest BCUT2D eigenvalue weighted by atomic mass is 9.78. The van der Waals surface area contributed by atoms with Gasteiger partial charge >= 0.3 is 18.1 Å². The Morgan fingerprint density at radius 2 is 1.55 bits per heavy atom. The molecule has 0 fully saturated rings. The van der Waals surface area contributed by atoms with Gasteiger partial charge in [-0.15, -0.1) is 0 Å². The first-order valence-electron chi connectivity index (χ1n) is 7.34. The molecule has 22 heavy (non-hydrogen) atoms. The van der Waals surface area contributed by atoms with Gasteiger partial charge in [0, 0.05) is 0 Å². The summed E-state index contributed by atoms with van der Waals surface area (Å²) in [5, 5.41) is 9.21. The van der Waals surface area contributed by atoms with Crippen LogP contribution in [0.1, 0.15) is 41.0 Å². The first kappa shape index (κ1) is 20.7. The molecule has 3 unspecified atom stereocenters. The number of rotatable bonds is 8. The summed E-state index contributed by atoms with van der Waals surface area (Å²) in [6, 6.07) is 0. The number of carboxylic acids is 1. The highest BCUT2D eigenvalue weighted by molar-refractivity contribution is 5.81. The van der Waals surface area contributed by atoms with E-state index in [0.29, 0.717) is 0 Å².